The Kier molecular flexibility index (Phi) is 8.13. The minimum absolute atomic E-state index is 0.0430. The van der Waals surface area contributed by atoms with Gasteiger partial charge in [-0.3, -0.25) is 0 Å². The van der Waals surface area contributed by atoms with Crippen molar-refractivity contribution in [3.63, 3.8) is 0 Å². The van der Waals surface area contributed by atoms with Crippen LogP contribution in [0.2, 0.25) is 0 Å². The van der Waals surface area contributed by atoms with Gasteiger partial charge in [-0.2, -0.15) is 0 Å². The molecule has 0 aromatic heterocycles. The Hall–Kier alpha value is -7.22. The molecule has 0 unspecified atom stereocenters. The lowest BCUT2D eigenvalue weighted by Gasteiger charge is -2.28. The van der Waals surface area contributed by atoms with Crippen molar-refractivity contribution in [1.82, 2.24) is 0 Å². The maximum atomic E-state index is 2.51. The number of aryl methyl sites for hydroxylation is 2. The zero-order valence-corrected chi connectivity index (χ0v) is 36.8. The Morgan fingerprint density at radius 2 is 0.794 bits per heavy atom. The summed E-state index contributed by atoms with van der Waals surface area (Å²) in [5, 5.41) is 7.64. The maximum Gasteiger partial charge on any atom is 0.0465 e. The first-order valence-electron chi connectivity index (χ1n) is 22.4. The molecule has 0 bridgehead atoms. The normalized spacial score (nSPS) is 14.1. The predicted octanol–water partition coefficient (Wildman–Crippen LogP) is 17.2. The van der Waals surface area contributed by atoms with E-state index in [1.54, 1.807) is 0 Å². The number of anilines is 3. The molecule has 63 heavy (non-hydrogen) atoms. The molecule has 1 nitrogen and oxygen atoms in total. The third-order valence-corrected chi connectivity index (χ3v) is 14.5. The van der Waals surface area contributed by atoms with Gasteiger partial charge in [-0.15, -0.1) is 0 Å². The van der Waals surface area contributed by atoms with E-state index in [4.69, 9.17) is 0 Å². The summed E-state index contributed by atoms with van der Waals surface area (Å²) >= 11 is 0. The number of hydrogen-bond donors (Lipinski definition) is 0. The summed E-state index contributed by atoms with van der Waals surface area (Å²) in [5.41, 5.74) is 21.7. The van der Waals surface area contributed by atoms with Gasteiger partial charge < -0.3 is 4.90 Å². The summed E-state index contributed by atoms with van der Waals surface area (Å²) in [6.45, 7) is 13.9. The van der Waals surface area contributed by atoms with Crippen LogP contribution in [-0.4, -0.2) is 0 Å². The molecule has 2 aliphatic rings. The third kappa shape index (κ3) is 5.62. The van der Waals surface area contributed by atoms with E-state index in [9.17, 15) is 0 Å². The number of hydrogen-bond acceptors (Lipinski definition) is 1. The molecule has 2 aliphatic carbocycles. The average Bonchev–Trinajstić information content (AvgIpc) is 3.66. The smallest absolute Gasteiger partial charge is 0.0465 e. The second-order valence-corrected chi connectivity index (χ2v) is 19.1. The molecule has 0 saturated heterocycles. The molecule has 302 valence electrons. The van der Waals surface area contributed by atoms with Gasteiger partial charge in [0.15, 0.2) is 0 Å². The lowest BCUT2D eigenvalue weighted by molar-refractivity contribution is 0.660. The Labute approximate surface area is 370 Å². The van der Waals surface area contributed by atoms with Crippen LogP contribution in [0.25, 0.3) is 76.8 Å². The van der Waals surface area contributed by atoms with Crippen molar-refractivity contribution in [3.8, 4) is 44.5 Å². The van der Waals surface area contributed by atoms with E-state index in [0.29, 0.717) is 0 Å². The highest BCUT2D eigenvalue weighted by Gasteiger charge is 2.38. The van der Waals surface area contributed by atoms with Crippen molar-refractivity contribution in [1.29, 1.82) is 0 Å². The first-order valence-corrected chi connectivity index (χ1v) is 22.4. The zero-order valence-electron chi connectivity index (χ0n) is 36.8. The van der Waals surface area contributed by atoms with Gasteiger partial charge in [0.2, 0.25) is 0 Å². The van der Waals surface area contributed by atoms with Crippen LogP contribution in [0.5, 0.6) is 0 Å². The molecule has 0 fully saturated rings. The van der Waals surface area contributed by atoms with Gasteiger partial charge in [0.1, 0.15) is 0 Å². The number of benzene rings is 10. The van der Waals surface area contributed by atoms with Gasteiger partial charge in [-0.05, 0) is 185 Å². The van der Waals surface area contributed by atoms with Crippen LogP contribution in [0.4, 0.5) is 17.1 Å². The summed E-state index contributed by atoms with van der Waals surface area (Å²) in [7, 11) is 0. The molecule has 12 rings (SSSR count). The van der Waals surface area contributed by atoms with Crippen LogP contribution in [0, 0.1) is 13.8 Å². The highest BCUT2D eigenvalue weighted by molar-refractivity contribution is 6.24. The van der Waals surface area contributed by atoms with E-state index in [1.165, 1.54) is 127 Å². The van der Waals surface area contributed by atoms with E-state index in [2.05, 4.69) is 234 Å². The van der Waals surface area contributed by atoms with Gasteiger partial charge in [-0.1, -0.05) is 155 Å². The maximum absolute atomic E-state index is 2.51. The molecule has 0 heterocycles. The molecule has 0 aliphatic heterocycles. The van der Waals surface area contributed by atoms with Crippen LogP contribution >= 0.6 is 0 Å². The lowest BCUT2D eigenvalue weighted by Crippen LogP contribution is -2.16. The Balaban J connectivity index is 1.05. The third-order valence-electron chi connectivity index (χ3n) is 14.5. The minimum atomic E-state index is -0.228. The Morgan fingerprint density at radius 3 is 1.43 bits per heavy atom. The number of nitrogens with zero attached hydrogens (tertiary/aromatic N) is 1. The lowest BCUT2D eigenvalue weighted by atomic mass is 9.79. The van der Waals surface area contributed by atoms with Crippen molar-refractivity contribution in [2.24, 2.45) is 0 Å². The zero-order chi connectivity index (χ0) is 42.8. The molecule has 1 heteroatoms. The minimum Gasteiger partial charge on any atom is -0.310 e. The van der Waals surface area contributed by atoms with E-state index >= 15 is 0 Å². The van der Waals surface area contributed by atoms with Crippen molar-refractivity contribution in [2.45, 2.75) is 52.4 Å². The van der Waals surface area contributed by atoms with Gasteiger partial charge in [0.25, 0.3) is 0 Å². The summed E-state index contributed by atoms with van der Waals surface area (Å²) in [5.74, 6) is 0. The summed E-state index contributed by atoms with van der Waals surface area (Å²) < 4.78 is 0. The van der Waals surface area contributed by atoms with E-state index in [0.717, 1.165) is 0 Å². The quantitative estimate of drug-likeness (QED) is 0.157. The fraction of sp³-hybridized carbons (Fsp3) is 0.129. The van der Waals surface area contributed by atoms with Crippen LogP contribution in [0.3, 0.4) is 0 Å². The predicted molar refractivity (Wildman–Crippen MR) is 269 cm³/mol. The van der Waals surface area contributed by atoms with E-state index < -0.39 is 0 Å². The van der Waals surface area contributed by atoms with Gasteiger partial charge >= 0.3 is 0 Å². The standard InChI is InChI=1S/C62H49N/c1-38-15-13-19-44(31-38)63(45-20-14-16-39(2)32-45)46-27-29-49-48-28-25-43(36-57(48)62(5,6)58(49)37-46)60-51-23-10-9-22-50(51)59(53-33-40-17-7-8-18-41(40)34-54(53)60)42-26-30-56-52(35-42)47-21-11-12-24-55(47)61(56,3)4/h7-37H,1-6H3. The van der Waals surface area contributed by atoms with Crippen molar-refractivity contribution >= 4 is 49.4 Å². The van der Waals surface area contributed by atoms with Crippen molar-refractivity contribution in [3.05, 3.63) is 221 Å². The summed E-state index contributed by atoms with van der Waals surface area (Å²) in [4.78, 5) is 2.41. The molecule has 0 radical (unpaired) electrons. The highest BCUT2D eigenvalue weighted by Crippen LogP contribution is 2.54. The number of fused-ring (bicyclic) bond motifs is 9. The summed E-state index contributed by atoms with van der Waals surface area (Å²) in [6, 6.07) is 71.2. The fourth-order valence-corrected chi connectivity index (χ4v) is 11.4. The van der Waals surface area contributed by atoms with E-state index in [-0.39, 0.29) is 10.8 Å². The Morgan fingerprint density at radius 1 is 0.317 bits per heavy atom. The highest BCUT2D eigenvalue weighted by atomic mass is 15.1. The van der Waals surface area contributed by atoms with Crippen LogP contribution in [0.1, 0.15) is 61.1 Å². The first kappa shape index (κ1) is 37.5. The monoisotopic (exact) mass is 807 g/mol. The van der Waals surface area contributed by atoms with Gasteiger partial charge in [-0.25, -0.2) is 0 Å². The number of rotatable bonds is 5. The molecule has 0 saturated carbocycles. The second kappa shape index (κ2) is 13.6. The molecule has 0 atom stereocenters. The van der Waals surface area contributed by atoms with Crippen molar-refractivity contribution < 1.29 is 0 Å². The largest absolute Gasteiger partial charge is 0.310 e. The van der Waals surface area contributed by atoms with Crippen LogP contribution in [0.15, 0.2) is 188 Å². The first-order chi connectivity index (χ1) is 30.6. The molecule has 0 spiro atoms. The van der Waals surface area contributed by atoms with Crippen molar-refractivity contribution in [2.75, 3.05) is 4.90 Å². The molecular formula is C62H49N. The Bertz CT molecular complexity index is 3500. The summed E-state index contributed by atoms with van der Waals surface area (Å²) in [6.07, 6.45) is 0. The van der Waals surface area contributed by atoms with Gasteiger partial charge in [0.05, 0.1) is 0 Å². The van der Waals surface area contributed by atoms with Crippen LogP contribution < -0.4 is 4.90 Å². The molecular weight excluding hydrogens is 759 g/mol. The average molecular weight is 808 g/mol. The fourth-order valence-electron chi connectivity index (χ4n) is 11.4. The molecule has 0 N–H and O–H groups in total. The topological polar surface area (TPSA) is 3.24 Å². The van der Waals surface area contributed by atoms with Gasteiger partial charge in [0, 0.05) is 27.9 Å². The van der Waals surface area contributed by atoms with E-state index in [1.807, 2.05) is 0 Å². The van der Waals surface area contributed by atoms with Crippen LogP contribution in [-0.2, 0) is 10.8 Å². The molecule has 10 aromatic rings. The second-order valence-electron chi connectivity index (χ2n) is 19.1. The molecule has 0 amide bonds. The molecule has 10 aromatic carbocycles. The SMILES string of the molecule is Cc1cccc(N(c2cccc(C)c2)c2ccc3c(c2)C(C)(C)c2cc(-c4c5ccccc5c(-c5ccc6c(c5)-c5ccccc5C6(C)C)c5cc6ccccc6cc45)ccc2-3)c1.